The van der Waals surface area contributed by atoms with Crippen LogP contribution in [0.25, 0.3) is 11.1 Å². The average molecular weight is 658 g/mol. The summed E-state index contributed by atoms with van der Waals surface area (Å²) in [5.74, 6) is -0.418. The van der Waals surface area contributed by atoms with Gasteiger partial charge >= 0.3 is 0 Å². The molecule has 2 aliphatic rings. The summed E-state index contributed by atoms with van der Waals surface area (Å²) in [6.07, 6.45) is 9.41. The quantitative estimate of drug-likeness (QED) is 0.0862. The van der Waals surface area contributed by atoms with Crippen LogP contribution in [-0.4, -0.2) is 52.8 Å². The molecule has 0 aliphatic carbocycles. The lowest BCUT2D eigenvalue weighted by molar-refractivity contribution is -0.253. The molecule has 2 saturated heterocycles. The van der Waals surface area contributed by atoms with Gasteiger partial charge in [-0.15, -0.1) is 0 Å². The highest BCUT2D eigenvalue weighted by Gasteiger charge is 2.33. The normalized spacial score (nSPS) is 20.4. The van der Waals surface area contributed by atoms with Crippen molar-refractivity contribution in [1.82, 2.24) is 15.7 Å². The molecule has 2 fully saturated rings. The van der Waals surface area contributed by atoms with Crippen LogP contribution in [0, 0.1) is 0 Å². The Balaban J connectivity index is 1.20. The van der Waals surface area contributed by atoms with E-state index in [2.05, 4.69) is 58.7 Å². The van der Waals surface area contributed by atoms with Gasteiger partial charge in [-0.1, -0.05) is 92.4 Å². The number of nitrogens with one attached hydrogen (secondary N) is 2. The second-order valence-electron chi connectivity index (χ2n) is 13.1. The summed E-state index contributed by atoms with van der Waals surface area (Å²) in [5.41, 5.74) is 7.76. The second kappa shape index (κ2) is 18.8. The van der Waals surface area contributed by atoms with Gasteiger partial charge in [-0.05, 0) is 72.7 Å². The molecule has 4 N–H and O–H groups in total. The van der Waals surface area contributed by atoms with Crippen LogP contribution >= 0.6 is 0 Å². The average Bonchev–Trinajstić information content (AvgIpc) is 3.11. The first-order valence-electron chi connectivity index (χ1n) is 17.6. The number of likely N-dealkylation sites (tertiary alicyclic amines) is 1. The number of carbonyl (C=O) groups is 2. The molecule has 3 unspecified atom stereocenters. The van der Waals surface area contributed by atoms with Crippen LogP contribution in [0.2, 0.25) is 0 Å². The van der Waals surface area contributed by atoms with Crippen LogP contribution in [0.5, 0.6) is 0 Å². The van der Waals surface area contributed by atoms with Crippen molar-refractivity contribution >= 4 is 11.8 Å². The maximum absolute atomic E-state index is 12.4. The fourth-order valence-electron chi connectivity index (χ4n) is 6.60. The lowest BCUT2D eigenvalue weighted by Gasteiger charge is -2.38. The first-order chi connectivity index (χ1) is 23.5. The Morgan fingerprint density at radius 1 is 0.750 bits per heavy atom. The Labute approximate surface area is 284 Å². The second-order valence-corrected chi connectivity index (χ2v) is 13.1. The molecule has 0 bridgehead atoms. The number of carbonyl (C=O) groups excluding carboxylic acids is 2. The van der Waals surface area contributed by atoms with Gasteiger partial charge in [-0.2, -0.15) is 0 Å². The number of ether oxygens (including phenoxy) is 2. The lowest BCUT2D eigenvalue weighted by atomic mass is 9.98. The summed E-state index contributed by atoms with van der Waals surface area (Å²) < 4.78 is 13.2. The van der Waals surface area contributed by atoms with Crippen LogP contribution in [0.15, 0.2) is 72.8 Å². The molecule has 0 spiro atoms. The monoisotopic (exact) mass is 657 g/mol. The van der Waals surface area contributed by atoms with E-state index in [0.717, 1.165) is 65.9 Å². The van der Waals surface area contributed by atoms with E-state index >= 15 is 0 Å². The molecule has 3 aromatic rings. The van der Waals surface area contributed by atoms with E-state index in [1.54, 1.807) is 5.48 Å². The molecule has 9 nitrogen and oxygen atoms in total. The molecule has 5 rings (SSSR count). The number of hydrogen-bond donors (Lipinski definition) is 4. The third kappa shape index (κ3) is 11.0. The van der Waals surface area contributed by atoms with Crippen molar-refractivity contribution in [2.24, 2.45) is 0 Å². The first kappa shape index (κ1) is 35.7. The highest BCUT2D eigenvalue weighted by atomic mass is 16.7. The number of hydroxylamine groups is 1. The van der Waals surface area contributed by atoms with E-state index in [1.165, 1.54) is 32.1 Å². The summed E-state index contributed by atoms with van der Waals surface area (Å²) in [7, 11) is 0. The van der Waals surface area contributed by atoms with Crippen LogP contribution in [0.3, 0.4) is 0 Å². The van der Waals surface area contributed by atoms with Crippen LogP contribution in [0.1, 0.15) is 105 Å². The number of benzene rings is 3. The summed E-state index contributed by atoms with van der Waals surface area (Å²) in [4.78, 5) is 26.0. The number of amides is 2. The standard InChI is InChI=1S/C39H51N3O6/c43-28-29-14-16-32(17-15-29)36-25-35(27-42-22-7-2-1-3-8-23-42)47-39(48-36)33-20-18-31(19-21-33)34-11-9-10-30(24-34)26-40-37(44)12-5-4-6-13-38(45)41-46/h9-11,14-21,24,35-36,39,43,46H,1-8,12-13,22-23,25-28H2,(H,40,44)(H,41,45). The summed E-state index contributed by atoms with van der Waals surface area (Å²) in [6.45, 7) is 3.60. The van der Waals surface area contributed by atoms with E-state index < -0.39 is 12.2 Å². The smallest absolute Gasteiger partial charge is 0.243 e. The van der Waals surface area contributed by atoms with Crippen molar-refractivity contribution in [2.45, 2.75) is 102 Å². The van der Waals surface area contributed by atoms with Crippen molar-refractivity contribution in [3.05, 3.63) is 95.1 Å². The van der Waals surface area contributed by atoms with Gasteiger partial charge in [0.2, 0.25) is 11.8 Å². The Morgan fingerprint density at radius 3 is 2.15 bits per heavy atom. The van der Waals surface area contributed by atoms with Gasteiger partial charge < -0.3 is 24.8 Å². The van der Waals surface area contributed by atoms with Crippen molar-refractivity contribution in [1.29, 1.82) is 0 Å². The van der Waals surface area contributed by atoms with Gasteiger partial charge in [-0.3, -0.25) is 14.8 Å². The predicted octanol–water partition coefficient (Wildman–Crippen LogP) is 6.73. The molecule has 0 aromatic heterocycles. The first-order valence-corrected chi connectivity index (χ1v) is 17.6. The van der Waals surface area contributed by atoms with Gasteiger partial charge in [0.1, 0.15) is 0 Å². The van der Waals surface area contributed by atoms with Gasteiger partial charge in [-0.25, -0.2) is 5.48 Å². The van der Waals surface area contributed by atoms with E-state index in [4.69, 9.17) is 14.7 Å². The highest BCUT2D eigenvalue weighted by Crippen LogP contribution is 2.39. The highest BCUT2D eigenvalue weighted by molar-refractivity contribution is 5.76. The molecule has 9 heteroatoms. The maximum atomic E-state index is 12.4. The molecule has 48 heavy (non-hydrogen) atoms. The maximum Gasteiger partial charge on any atom is 0.243 e. The number of aliphatic hydroxyl groups is 1. The minimum absolute atomic E-state index is 0.0175. The lowest BCUT2D eigenvalue weighted by Crippen LogP contribution is -2.40. The summed E-state index contributed by atoms with van der Waals surface area (Å²) in [6, 6.07) is 24.6. The molecule has 258 valence electrons. The molecule has 2 amide bonds. The Bertz CT molecular complexity index is 1420. The van der Waals surface area contributed by atoms with Gasteiger partial charge in [0, 0.05) is 37.9 Å². The van der Waals surface area contributed by atoms with E-state index in [9.17, 15) is 14.7 Å². The Kier molecular flexibility index (Phi) is 14.0. The fraction of sp³-hybridized carbons (Fsp3) is 0.487. The zero-order valence-electron chi connectivity index (χ0n) is 27.9. The fourth-order valence-corrected chi connectivity index (χ4v) is 6.60. The third-order valence-corrected chi connectivity index (χ3v) is 9.39. The molecule has 2 heterocycles. The molecular formula is C39H51N3O6. The number of unbranched alkanes of at least 4 members (excludes halogenated alkanes) is 2. The molecule has 3 aromatic carbocycles. The van der Waals surface area contributed by atoms with Crippen LogP contribution in [-0.2, 0) is 32.2 Å². The summed E-state index contributed by atoms with van der Waals surface area (Å²) in [5, 5.41) is 21.1. The zero-order valence-corrected chi connectivity index (χ0v) is 27.9. The topological polar surface area (TPSA) is 120 Å². The van der Waals surface area contributed by atoms with Crippen molar-refractivity contribution < 1.29 is 29.4 Å². The Hall–Kier alpha value is -3.60. The number of rotatable bonds is 14. The predicted molar refractivity (Wildman–Crippen MR) is 185 cm³/mol. The van der Waals surface area contributed by atoms with E-state index in [0.29, 0.717) is 25.8 Å². The molecular weight excluding hydrogens is 606 g/mol. The van der Waals surface area contributed by atoms with Crippen molar-refractivity contribution in [3.8, 4) is 11.1 Å². The molecule has 2 aliphatic heterocycles. The van der Waals surface area contributed by atoms with Gasteiger partial charge in [0.15, 0.2) is 6.29 Å². The van der Waals surface area contributed by atoms with Gasteiger partial charge in [0.05, 0.1) is 18.8 Å². The summed E-state index contributed by atoms with van der Waals surface area (Å²) >= 11 is 0. The zero-order chi connectivity index (χ0) is 33.6. The third-order valence-electron chi connectivity index (χ3n) is 9.39. The minimum Gasteiger partial charge on any atom is -0.392 e. The number of hydrogen-bond acceptors (Lipinski definition) is 7. The van der Waals surface area contributed by atoms with E-state index in [1.807, 2.05) is 24.3 Å². The van der Waals surface area contributed by atoms with Crippen molar-refractivity contribution in [3.63, 3.8) is 0 Å². The molecule has 0 radical (unpaired) electrons. The van der Waals surface area contributed by atoms with Crippen molar-refractivity contribution in [2.75, 3.05) is 19.6 Å². The largest absolute Gasteiger partial charge is 0.392 e. The molecule has 0 saturated carbocycles. The SMILES string of the molecule is O=C(CCCCCC(=O)NCc1cccc(-c2ccc(C3OC(CN4CCCCCCC4)CC(c4ccc(CO)cc4)O3)cc2)c1)NO. The van der Waals surface area contributed by atoms with E-state index in [-0.39, 0.29) is 31.1 Å². The van der Waals surface area contributed by atoms with Crippen LogP contribution in [0.4, 0.5) is 0 Å². The number of nitrogens with zero attached hydrogens (tertiary/aromatic N) is 1. The van der Waals surface area contributed by atoms with Gasteiger partial charge in [0.25, 0.3) is 0 Å². The van der Waals surface area contributed by atoms with Crippen LogP contribution < -0.4 is 10.8 Å². The molecule has 3 atom stereocenters. The Morgan fingerprint density at radius 2 is 1.44 bits per heavy atom. The number of aliphatic hydroxyl groups excluding tert-OH is 1. The minimum atomic E-state index is -0.483.